The van der Waals surface area contributed by atoms with Crippen molar-refractivity contribution in [2.75, 3.05) is 26.3 Å². The smallest absolute Gasteiger partial charge is 0.316 e. The summed E-state index contributed by atoms with van der Waals surface area (Å²) in [6.07, 6.45) is 0. The van der Waals surface area contributed by atoms with Gasteiger partial charge in [-0.3, -0.25) is 4.79 Å². The lowest BCUT2D eigenvalue weighted by atomic mass is 10.3. The average molecular weight is 441 g/mol. The summed E-state index contributed by atoms with van der Waals surface area (Å²) in [4.78, 5) is 19.0. The van der Waals surface area contributed by atoms with Crippen molar-refractivity contribution >= 4 is 38.6 Å². The van der Waals surface area contributed by atoms with Gasteiger partial charge in [-0.05, 0) is 17.5 Å². The molecule has 4 rings (SSSR count). The quantitative estimate of drug-likeness (QED) is 0.622. The van der Waals surface area contributed by atoms with Crippen LogP contribution in [0.5, 0.6) is 0 Å². The molecule has 9 nitrogen and oxygen atoms in total. The fourth-order valence-electron chi connectivity index (χ4n) is 2.55. The van der Waals surface area contributed by atoms with E-state index in [1.807, 2.05) is 17.5 Å². The molecule has 0 radical (unpaired) electrons. The highest BCUT2D eigenvalue weighted by atomic mass is 32.2. The lowest BCUT2D eigenvalue weighted by Crippen LogP contribution is -2.40. The number of hydrogen-bond acceptors (Lipinski definition) is 9. The van der Waals surface area contributed by atoms with E-state index in [4.69, 9.17) is 9.26 Å². The fraction of sp³-hybridized carbons (Fsp3) is 0.312. The summed E-state index contributed by atoms with van der Waals surface area (Å²) in [6, 6.07) is 5.19. The number of sulfonamides is 1. The number of ether oxygens (including phenoxy) is 1. The number of nitrogens with one attached hydrogen (secondary N) is 1. The van der Waals surface area contributed by atoms with Crippen LogP contribution in [0.3, 0.4) is 0 Å². The second kappa shape index (κ2) is 8.09. The Bertz CT molecular complexity index is 1050. The Labute approximate surface area is 169 Å². The van der Waals surface area contributed by atoms with Crippen molar-refractivity contribution in [3.63, 3.8) is 0 Å². The molecular weight excluding hydrogens is 424 g/mol. The van der Waals surface area contributed by atoms with Crippen molar-refractivity contribution < 1.29 is 22.5 Å². The molecule has 0 unspecified atom stereocenters. The van der Waals surface area contributed by atoms with Crippen LogP contribution in [0.15, 0.2) is 37.7 Å². The highest BCUT2D eigenvalue weighted by Gasteiger charge is 2.25. The second-order valence-corrected chi connectivity index (χ2v) is 9.82. The summed E-state index contributed by atoms with van der Waals surface area (Å²) in [5, 5.41) is 7.32. The van der Waals surface area contributed by atoms with Crippen LogP contribution in [-0.2, 0) is 21.3 Å². The van der Waals surface area contributed by atoms with Gasteiger partial charge in [0.1, 0.15) is 4.21 Å². The minimum atomic E-state index is -3.65. The van der Waals surface area contributed by atoms with E-state index in [2.05, 4.69) is 14.9 Å². The predicted octanol–water partition coefficient (Wildman–Crippen LogP) is 1.81. The Morgan fingerprint density at radius 2 is 2.11 bits per heavy atom. The van der Waals surface area contributed by atoms with Gasteiger partial charge >= 0.3 is 11.8 Å². The van der Waals surface area contributed by atoms with Crippen LogP contribution in [0.2, 0.25) is 0 Å². The molecular formula is C16H16N4O5S3. The molecule has 148 valence electrons. The minimum absolute atomic E-state index is 0.122. The largest absolute Gasteiger partial charge is 0.378 e. The number of thiophene rings is 2. The zero-order valence-electron chi connectivity index (χ0n) is 14.5. The van der Waals surface area contributed by atoms with Crippen molar-refractivity contribution in [1.29, 1.82) is 0 Å². The first-order valence-electron chi connectivity index (χ1n) is 8.34. The molecule has 28 heavy (non-hydrogen) atoms. The van der Waals surface area contributed by atoms with Gasteiger partial charge in [0.05, 0.1) is 13.2 Å². The maximum absolute atomic E-state index is 12.5. The first-order valence-corrected chi connectivity index (χ1v) is 11.6. The molecule has 12 heteroatoms. The number of aromatic nitrogens is 2. The van der Waals surface area contributed by atoms with E-state index in [1.165, 1.54) is 17.4 Å². The maximum Gasteiger partial charge on any atom is 0.316 e. The van der Waals surface area contributed by atoms with Crippen molar-refractivity contribution in [3.8, 4) is 11.4 Å². The van der Waals surface area contributed by atoms with Gasteiger partial charge in [0.2, 0.25) is 15.8 Å². The van der Waals surface area contributed by atoms with Crippen LogP contribution in [0.1, 0.15) is 15.6 Å². The van der Waals surface area contributed by atoms with E-state index in [0.29, 0.717) is 31.9 Å². The Morgan fingerprint density at radius 1 is 1.29 bits per heavy atom. The Balaban J connectivity index is 1.47. The van der Waals surface area contributed by atoms with Gasteiger partial charge in [0, 0.05) is 35.5 Å². The van der Waals surface area contributed by atoms with Crippen LogP contribution >= 0.6 is 22.7 Å². The molecule has 1 saturated heterocycles. The highest BCUT2D eigenvalue weighted by molar-refractivity contribution is 7.91. The molecule has 0 bridgehead atoms. The van der Waals surface area contributed by atoms with E-state index in [0.717, 1.165) is 16.2 Å². The lowest BCUT2D eigenvalue weighted by Gasteiger charge is -2.25. The third-order valence-electron chi connectivity index (χ3n) is 4.02. The molecule has 1 N–H and O–H groups in total. The number of nitrogens with zero attached hydrogens (tertiary/aromatic N) is 3. The summed E-state index contributed by atoms with van der Waals surface area (Å²) in [5.74, 6) is -0.307. The standard InChI is InChI=1S/C16H16N4O5S3/c21-16(20-3-5-24-6-4-20)15-18-14(19-25-15)11-8-13(27-10-11)28(22,23)17-9-12-2-1-7-26-12/h1-2,7-8,10,17H,3-6,9H2. The molecule has 4 heterocycles. The molecule has 0 aromatic carbocycles. The monoisotopic (exact) mass is 440 g/mol. The minimum Gasteiger partial charge on any atom is -0.378 e. The molecule has 3 aromatic heterocycles. The van der Waals surface area contributed by atoms with E-state index < -0.39 is 10.0 Å². The summed E-state index contributed by atoms with van der Waals surface area (Å²) in [5.41, 5.74) is 0.478. The molecule has 1 aliphatic heterocycles. The van der Waals surface area contributed by atoms with E-state index >= 15 is 0 Å². The summed E-state index contributed by atoms with van der Waals surface area (Å²) in [7, 11) is -3.65. The zero-order valence-corrected chi connectivity index (χ0v) is 17.0. The van der Waals surface area contributed by atoms with Gasteiger partial charge in [0.15, 0.2) is 0 Å². The zero-order chi connectivity index (χ0) is 19.6. The van der Waals surface area contributed by atoms with Crippen molar-refractivity contribution in [2.45, 2.75) is 10.8 Å². The Kier molecular flexibility index (Phi) is 5.55. The topological polar surface area (TPSA) is 115 Å². The van der Waals surface area contributed by atoms with Gasteiger partial charge in [-0.1, -0.05) is 11.2 Å². The fourth-order valence-corrected chi connectivity index (χ4v) is 5.50. The van der Waals surface area contributed by atoms with Crippen LogP contribution in [0.4, 0.5) is 0 Å². The predicted molar refractivity (Wildman–Crippen MR) is 103 cm³/mol. The summed E-state index contributed by atoms with van der Waals surface area (Å²) >= 11 is 2.53. The number of carbonyl (C=O) groups excluding carboxylic acids is 1. The van der Waals surface area contributed by atoms with Crippen molar-refractivity contribution in [3.05, 3.63) is 39.7 Å². The SMILES string of the molecule is O=C(c1nc(-c2csc(S(=O)(=O)NCc3cccs3)c2)no1)N1CCOCC1. The molecule has 1 amide bonds. The Hall–Kier alpha value is -2.12. The molecule has 3 aromatic rings. The number of amides is 1. The van der Waals surface area contributed by atoms with Gasteiger partial charge < -0.3 is 14.2 Å². The molecule has 0 spiro atoms. The van der Waals surface area contributed by atoms with Crippen LogP contribution < -0.4 is 4.72 Å². The van der Waals surface area contributed by atoms with E-state index in [-0.39, 0.29) is 28.4 Å². The Morgan fingerprint density at radius 3 is 2.86 bits per heavy atom. The number of morpholine rings is 1. The van der Waals surface area contributed by atoms with Crippen LogP contribution in [0, 0.1) is 0 Å². The molecule has 1 aliphatic rings. The first kappa shape index (κ1) is 19.2. The molecule has 0 atom stereocenters. The number of rotatable bonds is 6. The van der Waals surface area contributed by atoms with Gasteiger partial charge in [0.25, 0.3) is 0 Å². The average Bonchev–Trinajstić information content (AvgIpc) is 3.48. The normalized spacial score (nSPS) is 15.1. The van der Waals surface area contributed by atoms with Gasteiger partial charge in [-0.15, -0.1) is 22.7 Å². The van der Waals surface area contributed by atoms with E-state index in [9.17, 15) is 13.2 Å². The van der Waals surface area contributed by atoms with Crippen molar-refractivity contribution in [2.24, 2.45) is 0 Å². The second-order valence-electron chi connectivity index (χ2n) is 5.89. The third-order valence-corrected chi connectivity index (χ3v) is 7.74. The van der Waals surface area contributed by atoms with Crippen LogP contribution in [-0.4, -0.2) is 55.7 Å². The molecule has 0 saturated carbocycles. The lowest BCUT2D eigenvalue weighted by molar-refractivity contribution is 0.0272. The van der Waals surface area contributed by atoms with Crippen molar-refractivity contribution in [1.82, 2.24) is 19.8 Å². The number of hydrogen-bond donors (Lipinski definition) is 1. The third kappa shape index (κ3) is 4.15. The van der Waals surface area contributed by atoms with Crippen LogP contribution in [0.25, 0.3) is 11.4 Å². The number of carbonyl (C=O) groups is 1. The maximum atomic E-state index is 12.5. The molecule has 0 aliphatic carbocycles. The molecule has 1 fully saturated rings. The van der Waals surface area contributed by atoms with E-state index in [1.54, 1.807) is 10.3 Å². The summed E-state index contributed by atoms with van der Waals surface area (Å²) in [6.45, 7) is 2.10. The van der Waals surface area contributed by atoms with Gasteiger partial charge in [-0.25, -0.2) is 13.1 Å². The van der Waals surface area contributed by atoms with Gasteiger partial charge in [-0.2, -0.15) is 4.98 Å². The first-order chi connectivity index (χ1) is 13.5. The highest BCUT2D eigenvalue weighted by Crippen LogP contribution is 2.27. The summed E-state index contributed by atoms with van der Waals surface area (Å²) < 4.78 is 37.9.